The van der Waals surface area contributed by atoms with Crippen LogP contribution in [0.1, 0.15) is 45.6 Å². The molecule has 19 heavy (non-hydrogen) atoms. The molecule has 0 aliphatic heterocycles. The van der Waals surface area contributed by atoms with E-state index < -0.39 is 5.82 Å². The van der Waals surface area contributed by atoms with Crippen LogP contribution in [0.3, 0.4) is 0 Å². The molecule has 0 saturated heterocycles. The van der Waals surface area contributed by atoms with Crippen LogP contribution >= 0.6 is 15.9 Å². The average Bonchev–Trinajstić information content (AvgIpc) is 2.28. The normalized spacial score (nSPS) is 11.9. The van der Waals surface area contributed by atoms with E-state index in [1.165, 1.54) is 12.1 Å². The molecular weight excluding hydrogens is 312 g/mol. The summed E-state index contributed by atoms with van der Waals surface area (Å²) in [7, 11) is 0. The highest BCUT2D eigenvalue weighted by Gasteiger charge is 2.09. The zero-order valence-electron chi connectivity index (χ0n) is 11.8. The monoisotopic (exact) mass is 333 g/mol. The molecule has 1 rings (SSSR count). The number of halogens is 3. The van der Waals surface area contributed by atoms with E-state index in [1.807, 2.05) is 0 Å². The first-order valence-corrected chi connectivity index (χ1v) is 7.47. The molecule has 0 heterocycles. The molecule has 1 nitrogen and oxygen atoms in total. The van der Waals surface area contributed by atoms with Crippen molar-refractivity contribution in [1.82, 2.24) is 5.32 Å². The summed E-state index contributed by atoms with van der Waals surface area (Å²) < 4.78 is 27.0. The van der Waals surface area contributed by atoms with Crippen LogP contribution in [0.4, 0.5) is 8.78 Å². The summed E-state index contributed by atoms with van der Waals surface area (Å²) in [6, 6.07) is 2.48. The highest BCUT2D eigenvalue weighted by molar-refractivity contribution is 9.10. The van der Waals surface area contributed by atoms with E-state index in [4.69, 9.17) is 0 Å². The number of nitrogens with one attached hydrogen (secondary N) is 1. The number of unbranched alkanes of at least 4 members (excludes halogenated alkanes) is 2. The molecule has 1 aromatic carbocycles. The molecular formula is C15H22BrF2N. The first-order valence-electron chi connectivity index (χ1n) is 6.68. The number of rotatable bonds is 6. The van der Waals surface area contributed by atoms with Gasteiger partial charge in [-0.25, -0.2) is 8.78 Å². The average molecular weight is 334 g/mol. The minimum absolute atomic E-state index is 0.140. The van der Waals surface area contributed by atoms with E-state index >= 15 is 0 Å². The first kappa shape index (κ1) is 16.6. The number of aryl methyl sites for hydroxylation is 1. The van der Waals surface area contributed by atoms with E-state index in [0.29, 0.717) is 12.0 Å². The summed E-state index contributed by atoms with van der Waals surface area (Å²) in [5, 5.41) is 3.41. The lowest BCUT2D eigenvalue weighted by molar-refractivity contribution is 0.417. The van der Waals surface area contributed by atoms with Crippen LogP contribution in [0.25, 0.3) is 0 Å². The summed E-state index contributed by atoms with van der Waals surface area (Å²) in [5.74, 6) is -0.730. The second-order valence-electron chi connectivity index (χ2n) is 5.85. The fourth-order valence-corrected chi connectivity index (χ4v) is 2.15. The van der Waals surface area contributed by atoms with Crippen LogP contribution in [-0.2, 0) is 6.42 Å². The van der Waals surface area contributed by atoms with E-state index in [0.717, 1.165) is 25.8 Å². The second kappa shape index (κ2) is 7.34. The standard InChI is InChI=1S/C15H22BrF2N/c1-15(2,3)19-8-6-4-5-7-11-9-14(18)12(16)10-13(11)17/h9-10,19H,4-8H2,1-3H3. The third kappa shape index (κ3) is 6.48. The van der Waals surface area contributed by atoms with Gasteiger partial charge in [0.05, 0.1) is 4.47 Å². The summed E-state index contributed by atoms with van der Waals surface area (Å²) in [6.07, 6.45) is 3.54. The molecule has 0 unspecified atom stereocenters. The fraction of sp³-hybridized carbons (Fsp3) is 0.600. The fourth-order valence-electron chi connectivity index (χ4n) is 1.84. The van der Waals surface area contributed by atoms with Crippen molar-refractivity contribution in [3.8, 4) is 0 Å². The van der Waals surface area contributed by atoms with E-state index in [2.05, 4.69) is 42.0 Å². The van der Waals surface area contributed by atoms with Gasteiger partial charge in [-0.1, -0.05) is 6.42 Å². The summed E-state index contributed by atoms with van der Waals surface area (Å²) >= 11 is 2.98. The zero-order valence-corrected chi connectivity index (χ0v) is 13.4. The maximum atomic E-state index is 13.6. The van der Waals surface area contributed by atoms with Crippen LogP contribution in [0, 0.1) is 11.6 Å². The lowest BCUT2D eigenvalue weighted by atomic mass is 10.1. The van der Waals surface area contributed by atoms with E-state index in [1.54, 1.807) is 0 Å². The molecule has 108 valence electrons. The first-order chi connectivity index (χ1) is 8.79. The Balaban J connectivity index is 2.28. The van der Waals surface area contributed by atoms with Crippen LogP contribution in [0.5, 0.6) is 0 Å². The van der Waals surface area contributed by atoms with Crippen molar-refractivity contribution in [2.75, 3.05) is 6.54 Å². The van der Waals surface area contributed by atoms with Crippen LogP contribution in [-0.4, -0.2) is 12.1 Å². The molecule has 0 saturated carbocycles. The molecule has 4 heteroatoms. The van der Waals surface area contributed by atoms with Gasteiger partial charge in [0.15, 0.2) is 0 Å². The molecule has 0 aliphatic carbocycles. The van der Waals surface area contributed by atoms with Gasteiger partial charge in [0.25, 0.3) is 0 Å². The van der Waals surface area contributed by atoms with E-state index in [-0.39, 0.29) is 15.8 Å². The lowest BCUT2D eigenvalue weighted by Gasteiger charge is -2.20. The van der Waals surface area contributed by atoms with Gasteiger partial charge in [-0.3, -0.25) is 0 Å². The molecule has 0 atom stereocenters. The predicted octanol–water partition coefficient (Wildman–Crippen LogP) is 4.83. The Morgan fingerprint density at radius 2 is 1.74 bits per heavy atom. The van der Waals surface area contributed by atoms with E-state index in [9.17, 15) is 8.78 Å². The molecule has 0 bridgehead atoms. The molecule has 1 N–H and O–H groups in total. The number of hydrogen-bond acceptors (Lipinski definition) is 1. The van der Waals surface area contributed by atoms with Crippen molar-refractivity contribution < 1.29 is 8.78 Å². The quantitative estimate of drug-likeness (QED) is 0.580. The summed E-state index contributed by atoms with van der Waals surface area (Å²) in [5.41, 5.74) is 0.602. The number of benzene rings is 1. The maximum absolute atomic E-state index is 13.6. The molecule has 0 spiro atoms. The summed E-state index contributed by atoms with van der Waals surface area (Å²) in [6.45, 7) is 7.35. The van der Waals surface area contributed by atoms with Gasteiger partial charge in [-0.2, -0.15) is 0 Å². The van der Waals surface area contributed by atoms with Crippen LogP contribution < -0.4 is 5.32 Å². The minimum atomic E-state index is -0.397. The largest absolute Gasteiger partial charge is 0.312 e. The van der Waals surface area contributed by atoms with Crippen molar-refractivity contribution in [2.45, 2.75) is 52.0 Å². The third-order valence-corrected chi connectivity index (χ3v) is 3.48. The van der Waals surface area contributed by atoms with Gasteiger partial charge in [0.2, 0.25) is 0 Å². The Labute approximate surface area is 122 Å². The minimum Gasteiger partial charge on any atom is -0.312 e. The van der Waals surface area contributed by atoms with Crippen molar-refractivity contribution in [1.29, 1.82) is 0 Å². The van der Waals surface area contributed by atoms with Gasteiger partial charge < -0.3 is 5.32 Å². The molecule has 1 aromatic rings. The summed E-state index contributed by atoms with van der Waals surface area (Å²) in [4.78, 5) is 0. The predicted molar refractivity (Wildman–Crippen MR) is 79.4 cm³/mol. The Bertz CT molecular complexity index is 413. The highest BCUT2D eigenvalue weighted by Crippen LogP contribution is 2.21. The lowest BCUT2D eigenvalue weighted by Crippen LogP contribution is -2.36. The Kier molecular flexibility index (Phi) is 6.40. The molecule has 0 fully saturated rings. The van der Waals surface area contributed by atoms with Crippen LogP contribution in [0.15, 0.2) is 16.6 Å². The number of hydrogen-bond donors (Lipinski definition) is 1. The second-order valence-corrected chi connectivity index (χ2v) is 6.70. The highest BCUT2D eigenvalue weighted by atomic mass is 79.9. The molecule has 0 aliphatic rings. The molecule has 0 radical (unpaired) electrons. The molecule has 0 amide bonds. The Morgan fingerprint density at radius 1 is 1.05 bits per heavy atom. The zero-order chi connectivity index (χ0) is 14.5. The van der Waals surface area contributed by atoms with Crippen molar-refractivity contribution in [2.24, 2.45) is 0 Å². The SMILES string of the molecule is CC(C)(C)NCCCCCc1cc(F)c(Br)cc1F. The van der Waals surface area contributed by atoms with Gasteiger partial charge in [0, 0.05) is 5.54 Å². The topological polar surface area (TPSA) is 12.0 Å². The van der Waals surface area contributed by atoms with Gasteiger partial charge in [0.1, 0.15) is 11.6 Å². The van der Waals surface area contributed by atoms with Gasteiger partial charge in [-0.05, 0) is 80.2 Å². The Morgan fingerprint density at radius 3 is 2.37 bits per heavy atom. The maximum Gasteiger partial charge on any atom is 0.137 e. The van der Waals surface area contributed by atoms with Crippen molar-refractivity contribution in [3.63, 3.8) is 0 Å². The van der Waals surface area contributed by atoms with Crippen molar-refractivity contribution in [3.05, 3.63) is 33.8 Å². The van der Waals surface area contributed by atoms with Crippen LogP contribution in [0.2, 0.25) is 0 Å². The third-order valence-electron chi connectivity index (χ3n) is 2.87. The smallest absolute Gasteiger partial charge is 0.137 e. The molecule has 0 aromatic heterocycles. The van der Waals surface area contributed by atoms with Gasteiger partial charge in [-0.15, -0.1) is 0 Å². The van der Waals surface area contributed by atoms with Crippen molar-refractivity contribution >= 4 is 15.9 Å². The Hall–Kier alpha value is -0.480. The van der Waals surface area contributed by atoms with Gasteiger partial charge >= 0.3 is 0 Å².